The summed E-state index contributed by atoms with van der Waals surface area (Å²) in [4.78, 5) is 11.4. The lowest BCUT2D eigenvalue weighted by Crippen LogP contribution is -2.25. The van der Waals surface area contributed by atoms with E-state index in [2.05, 4.69) is 26.1 Å². The molecule has 0 aromatic rings. The smallest absolute Gasteiger partial charge is 0.243 e. The molecule has 0 bridgehead atoms. The zero-order valence-corrected chi connectivity index (χ0v) is 14.9. The largest absolute Gasteiger partial charge is 0.389 e. The molecule has 0 aliphatic heterocycles. The Kier molecular flexibility index (Phi) is 14.2. The number of allylic oxidation sites excluding steroid dienone is 6. The van der Waals surface area contributed by atoms with Gasteiger partial charge in [0.05, 0.1) is 6.10 Å². The van der Waals surface area contributed by atoms with E-state index in [-0.39, 0.29) is 12.0 Å². The van der Waals surface area contributed by atoms with Gasteiger partial charge >= 0.3 is 0 Å². The fraction of sp³-hybridized carbons (Fsp3) is 0.550. The molecular weight excluding hydrogens is 286 g/mol. The standard InChI is InChI=1S/C20H33NO2/c1-4-5-11-14-19(22)15-12-9-7-6-8-10-13-16-20(23)21-17-18(2)3/h7-10,12-13,15-16,18-19,22H,4-6,11,14,17H2,1-3H3,(H,21,23)/b9-7+,10-8-,15-12+,16-13+/t19-/m0/s1. The van der Waals surface area contributed by atoms with E-state index in [4.69, 9.17) is 0 Å². The Hall–Kier alpha value is -1.61. The van der Waals surface area contributed by atoms with E-state index < -0.39 is 0 Å². The predicted molar refractivity (Wildman–Crippen MR) is 99.2 cm³/mol. The van der Waals surface area contributed by atoms with Gasteiger partial charge in [0.2, 0.25) is 5.91 Å². The van der Waals surface area contributed by atoms with Crippen LogP contribution in [0, 0.1) is 5.92 Å². The van der Waals surface area contributed by atoms with Crippen LogP contribution in [-0.4, -0.2) is 23.7 Å². The minimum atomic E-state index is -0.339. The van der Waals surface area contributed by atoms with E-state index in [9.17, 15) is 9.90 Å². The van der Waals surface area contributed by atoms with Crippen molar-refractivity contribution in [3.05, 3.63) is 48.6 Å². The van der Waals surface area contributed by atoms with Gasteiger partial charge in [-0.25, -0.2) is 0 Å². The summed E-state index contributed by atoms with van der Waals surface area (Å²) < 4.78 is 0. The third-order valence-corrected chi connectivity index (χ3v) is 3.14. The third kappa shape index (κ3) is 16.6. The Bertz CT molecular complexity index is 406. The highest BCUT2D eigenvalue weighted by Crippen LogP contribution is 2.04. The van der Waals surface area contributed by atoms with E-state index in [1.165, 1.54) is 18.9 Å². The topological polar surface area (TPSA) is 49.3 Å². The van der Waals surface area contributed by atoms with Crippen LogP contribution in [-0.2, 0) is 4.79 Å². The molecule has 0 unspecified atom stereocenters. The van der Waals surface area contributed by atoms with E-state index >= 15 is 0 Å². The van der Waals surface area contributed by atoms with Crippen molar-refractivity contribution in [3.8, 4) is 0 Å². The fourth-order valence-electron chi connectivity index (χ4n) is 1.79. The number of amides is 1. The summed E-state index contributed by atoms with van der Waals surface area (Å²) in [6.07, 6.45) is 19.5. The van der Waals surface area contributed by atoms with E-state index in [1.807, 2.05) is 36.5 Å². The lowest BCUT2D eigenvalue weighted by molar-refractivity contribution is -0.116. The van der Waals surface area contributed by atoms with Crippen molar-refractivity contribution >= 4 is 5.91 Å². The SMILES string of the molecule is CCCCC[C@H](O)/C=C/C=C/C/C=C\C=C\C(=O)NCC(C)C. The maximum absolute atomic E-state index is 11.4. The maximum atomic E-state index is 11.4. The summed E-state index contributed by atoms with van der Waals surface area (Å²) in [6, 6.07) is 0. The van der Waals surface area contributed by atoms with E-state index in [0.29, 0.717) is 12.5 Å². The predicted octanol–water partition coefficient (Wildman–Crippen LogP) is 4.31. The van der Waals surface area contributed by atoms with Crippen molar-refractivity contribution < 1.29 is 9.90 Å². The number of rotatable bonds is 12. The highest BCUT2D eigenvalue weighted by atomic mass is 16.3. The number of hydrogen-bond donors (Lipinski definition) is 2. The normalized spacial score (nSPS) is 14.0. The number of carbonyl (C=O) groups is 1. The number of aliphatic hydroxyl groups excluding tert-OH is 1. The number of nitrogens with one attached hydrogen (secondary N) is 1. The average Bonchev–Trinajstić information content (AvgIpc) is 2.51. The second-order valence-corrected chi connectivity index (χ2v) is 6.04. The minimum absolute atomic E-state index is 0.0566. The zero-order valence-electron chi connectivity index (χ0n) is 14.9. The van der Waals surface area contributed by atoms with Crippen LogP contribution >= 0.6 is 0 Å². The second kappa shape index (κ2) is 15.3. The molecule has 0 rings (SSSR count). The molecule has 0 aromatic heterocycles. The molecule has 0 heterocycles. The average molecular weight is 319 g/mol. The van der Waals surface area contributed by atoms with Gasteiger partial charge in [0.15, 0.2) is 0 Å². The van der Waals surface area contributed by atoms with Crippen molar-refractivity contribution in [2.75, 3.05) is 6.54 Å². The van der Waals surface area contributed by atoms with Crippen molar-refractivity contribution in [1.82, 2.24) is 5.32 Å². The molecule has 1 amide bonds. The summed E-state index contributed by atoms with van der Waals surface area (Å²) in [5.74, 6) is 0.408. The summed E-state index contributed by atoms with van der Waals surface area (Å²) in [5.41, 5.74) is 0. The van der Waals surface area contributed by atoms with Gasteiger partial charge < -0.3 is 10.4 Å². The van der Waals surface area contributed by atoms with Crippen molar-refractivity contribution in [2.45, 2.75) is 59.0 Å². The molecule has 3 nitrogen and oxygen atoms in total. The Labute approximate surface area is 141 Å². The van der Waals surface area contributed by atoms with Crippen LogP contribution < -0.4 is 5.32 Å². The minimum Gasteiger partial charge on any atom is -0.389 e. The molecule has 0 aliphatic rings. The lowest BCUT2D eigenvalue weighted by Gasteiger charge is -2.03. The van der Waals surface area contributed by atoms with Crippen molar-refractivity contribution in [2.24, 2.45) is 5.92 Å². The highest BCUT2D eigenvalue weighted by molar-refractivity contribution is 5.87. The molecule has 0 aliphatic carbocycles. The molecule has 0 saturated carbocycles. The van der Waals surface area contributed by atoms with Gasteiger partial charge in [-0.15, -0.1) is 0 Å². The molecule has 1 atom stereocenters. The fourth-order valence-corrected chi connectivity index (χ4v) is 1.79. The van der Waals surface area contributed by atoms with Gasteiger partial charge in [0.1, 0.15) is 0 Å². The molecule has 0 fully saturated rings. The molecule has 0 spiro atoms. The van der Waals surface area contributed by atoms with Crippen LogP contribution in [0.3, 0.4) is 0 Å². The van der Waals surface area contributed by atoms with Crippen LogP contribution in [0.2, 0.25) is 0 Å². The quantitative estimate of drug-likeness (QED) is 0.320. The highest BCUT2D eigenvalue weighted by Gasteiger charge is 1.96. The summed E-state index contributed by atoms with van der Waals surface area (Å²) in [5, 5.41) is 12.5. The molecular formula is C20H33NO2. The number of hydrogen-bond acceptors (Lipinski definition) is 2. The summed E-state index contributed by atoms with van der Waals surface area (Å²) in [7, 11) is 0. The van der Waals surface area contributed by atoms with Crippen molar-refractivity contribution in [1.29, 1.82) is 0 Å². The molecule has 0 aromatic carbocycles. The molecule has 3 heteroatoms. The molecule has 130 valence electrons. The molecule has 2 N–H and O–H groups in total. The molecule has 0 saturated heterocycles. The van der Waals surface area contributed by atoms with E-state index in [1.54, 1.807) is 6.08 Å². The first kappa shape index (κ1) is 21.4. The molecule has 23 heavy (non-hydrogen) atoms. The lowest BCUT2D eigenvalue weighted by atomic mass is 10.1. The van der Waals surface area contributed by atoms with Crippen LogP contribution in [0.4, 0.5) is 0 Å². The van der Waals surface area contributed by atoms with Gasteiger partial charge in [-0.2, -0.15) is 0 Å². The van der Waals surface area contributed by atoms with Gasteiger partial charge in [0.25, 0.3) is 0 Å². The Morgan fingerprint density at radius 3 is 2.43 bits per heavy atom. The van der Waals surface area contributed by atoms with Crippen LogP contribution in [0.25, 0.3) is 0 Å². The Balaban J connectivity index is 3.77. The summed E-state index contributed by atoms with van der Waals surface area (Å²) >= 11 is 0. The maximum Gasteiger partial charge on any atom is 0.243 e. The first-order chi connectivity index (χ1) is 11.1. The monoisotopic (exact) mass is 319 g/mol. The Morgan fingerprint density at radius 1 is 1.09 bits per heavy atom. The number of unbranched alkanes of at least 4 members (excludes halogenated alkanes) is 2. The van der Waals surface area contributed by atoms with Gasteiger partial charge in [-0.3, -0.25) is 4.79 Å². The first-order valence-corrected chi connectivity index (χ1v) is 8.68. The van der Waals surface area contributed by atoms with Gasteiger partial charge in [-0.05, 0) is 18.8 Å². The molecule has 0 radical (unpaired) electrons. The van der Waals surface area contributed by atoms with Crippen LogP contribution in [0.5, 0.6) is 0 Å². The van der Waals surface area contributed by atoms with Crippen LogP contribution in [0.15, 0.2) is 48.6 Å². The number of aliphatic hydroxyl groups is 1. The van der Waals surface area contributed by atoms with Crippen molar-refractivity contribution in [3.63, 3.8) is 0 Å². The summed E-state index contributed by atoms with van der Waals surface area (Å²) in [6.45, 7) is 6.99. The first-order valence-electron chi connectivity index (χ1n) is 8.68. The Morgan fingerprint density at radius 2 is 1.78 bits per heavy atom. The second-order valence-electron chi connectivity index (χ2n) is 6.04. The van der Waals surface area contributed by atoms with E-state index in [0.717, 1.165) is 19.3 Å². The van der Waals surface area contributed by atoms with Crippen LogP contribution in [0.1, 0.15) is 52.9 Å². The third-order valence-electron chi connectivity index (χ3n) is 3.14. The van der Waals surface area contributed by atoms with Gasteiger partial charge in [0, 0.05) is 12.6 Å². The zero-order chi connectivity index (χ0) is 17.3. The number of carbonyl (C=O) groups excluding carboxylic acids is 1. The van der Waals surface area contributed by atoms with Gasteiger partial charge in [-0.1, -0.05) is 82.6 Å².